The zero-order valence-electron chi connectivity index (χ0n) is 12.8. The Morgan fingerprint density at radius 2 is 1.95 bits per heavy atom. The summed E-state index contributed by atoms with van der Waals surface area (Å²) in [6.07, 6.45) is 0.629. The van der Waals surface area contributed by atoms with E-state index in [9.17, 15) is 9.59 Å². The van der Waals surface area contributed by atoms with Gasteiger partial charge in [0, 0.05) is 24.2 Å². The summed E-state index contributed by atoms with van der Waals surface area (Å²) >= 11 is 0. The van der Waals surface area contributed by atoms with E-state index in [0.29, 0.717) is 13.0 Å². The number of nitrogens with two attached hydrogens (primary N) is 1. The fourth-order valence-electron chi connectivity index (χ4n) is 2.34. The van der Waals surface area contributed by atoms with Crippen molar-refractivity contribution in [2.24, 2.45) is 11.7 Å². The Labute approximate surface area is 125 Å². The lowest BCUT2D eigenvalue weighted by molar-refractivity contribution is -0.129. The molecule has 1 saturated heterocycles. The minimum absolute atomic E-state index is 0.0518. The quantitative estimate of drug-likeness (QED) is 0.874. The van der Waals surface area contributed by atoms with Crippen LogP contribution in [0.15, 0.2) is 24.3 Å². The Morgan fingerprint density at radius 1 is 1.33 bits per heavy atom. The number of hydrogen-bond donors (Lipinski definition) is 2. The first-order valence-electron chi connectivity index (χ1n) is 7.34. The van der Waals surface area contributed by atoms with E-state index >= 15 is 0 Å². The van der Waals surface area contributed by atoms with Crippen molar-refractivity contribution in [2.45, 2.75) is 39.3 Å². The largest absolute Gasteiger partial charge is 0.344 e. The van der Waals surface area contributed by atoms with Crippen LogP contribution in [0.25, 0.3) is 0 Å². The lowest BCUT2D eigenvalue weighted by Gasteiger charge is -2.20. The monoisotopic (exact) mass is 289 g/mol. The summed E-state index contributed by atoms with van der Waals surface area (Å²) < 4.78 is 0. The van der Waals surface area contributed by atoms with Crippen molar-refractivity contribution < 1.29 is 9.59 Å². The summed E-state index contributed by atoms with van der Waals surface area (Å²) in [7, 11) is 0. The first-order chi connectivity index (χ1) is 9.90. The highest BCUT2D eigenvalue weighted by atomic mass is 16.2. The van der Waals surface area contributed by atoms with Gasteiger partial charge in [0.15, 0.2) is 0 Å². The number of carbonyl (C=O) groups is 2. The molecule has 5 heteroatoms. The number of hydrogen-bond acceptors (Lipinski definition) is 3. The second kappa shape index (κ2) is 6.26. The van der Waals surface area contributed by atoms with Crippen LogP contribution in [-0.4, -0.2) is 30.4 Å². The summed E-state index contributed by atoms with van der Waals surface area (Å²) in [4.78, 5) is 26.1. The van der Waals surface area contributed by atoms with Gasteiger partial charge in [0.2, 0.25) is 11.8 Å². The maximum atomic E-state index is 12.4. The standard InChI is InChI=1S/C16H23N3O2/c1-10-4-6-13(7-5-10)19-9-8-14(16(19)21)18-15(20)11(2)12(3)17/h4-7,11-12,14H,8-9,17H2,1-3H3,(H,18,20). The van der Waals surface area contributed by atoms with Crippen LogP contribution >= 0.6 is 0 Å². The third-order valence-corrected chi connectivity index (χ3v) is 4.07. The van der Waals surface area contributed by atoms with Crippen molar-refractivity contribution in [1.29, 1.82) is 0 Å². The van der Waals surface area contributed by atoms with Gasteiger partial charge in [-0.2, -0.15) is 0 Å². The molecule has 0 aromatic heterocycles. The van der Waals surface area contributed by atoms with Crippen LogP contribution in [0.3, 0.4) is 0 Å². The third kappa shape index (κ3) is 3.42. The van der Waals surface area contributed by atoms with Crippen LogP contribution in [0.5, 0.6) is 0 Å². The predicted molar refractivity (Wildman–Crippen MR) is 82.9 cm³/mol. The summed E-state index contributed by atoms with van der Waals surface area (Å²) in [6, 6.07) is 7.15. The molecule has 21 heavy (non-hydrogen) atoms. The molecule has 0 bridgehead atoms. The molecule has 2 amide bonds. The first-order valence-corrected chi connectivity index (χ1v) is 7.34. The maximum Gasteiger partial charge on any atom is 0.249 e. The summed E-state index contributed by atoms with van der Waals surface area (Å²) in [5, 5.41) is 2.81. The summed E-state index contributed by atoms with van der Waals surface area (Å²) in [5.41, 5.74) is 7.75. The number of nitrogens with one attached hydrogen (secondary N) is 1. The topological polar surface area (TPSA) is 75.4 Å². The Bertz CT molecular complexity index is 525. The maximum absolute atomic E-state index is 12.4. The van der Waals surface area contributed by atoms with Gasteiger partial charge in [-0.3, -0.25) is 9.59 Å². The van der Waals surface area contributed by atoms with Gasteiger partial charge in [-0.25, -0.2) is 0 Å². The molecule has 1 aliphatic rings. The van der Waals surface area contributed by atoms with E-state index in [0.717, 1.165) is 11.3 Å². The molecule has 0 spiro atoms. The highest BCUT2D eigenvalue weighted by Gasteiger charge is 2.34. The van der Waals surface area contributed by atoms with Crippen molar-refractivity contribution in [1.82, 2.24) is 5.32 Å². The molecule has 3 unspecified atom stereocenters. The number of amides is 2. The number of rotatable bonds is 4. The lowest BCUT2D eigenvalue weighted by atomic mass is 10.0. The van der Waals surface area contributed by atoms with Gasteiger partial charge in [0.25, 0.3) is 0 Å². The van der Waals surface area contributed by atoms with Crippen LogP contribution in [0, 0.1) is 12.8 Å². The van der Waals surface area contributed by atoms with E-state index in [2.05, 4.69) is 5.32 Å². The van der Waals surface area contributed by atoms with Gasteiger partial charge < -0.3 is 16.0 Å². The van der Waals surface area contributed by atoms with Crippen molar-refractivity contribution in [3.8, 4) is 0 Å². The van der Waals surface area contributed by atoms with Crippen LogP contribution < -0.4 is 16.0 Å². The number of nitrogens with zero attached hydrogens (tertiary/aromatic N) is 1. The van der Waals surface area contributed by atoms with Crippen LogP contribution in [0.2, 0.25) is 0 Å². The average Bonchev–Trinajstić information content (AvgIpc) is 2.80. The normalized spacial score (nSPS) is 21.2. The van der Waals surface area contributed by atoms with Crippen LogP contribution in [0.1, 0.15) is 25.8 Å². The van der Waals surface area contributed by atoms with E-state index < -0.39 is 6.04 Å². The number of benzene rings is 1. The molecule has 0 saturated carbocycles. The zero-order chi connectivity index (χ0) is 15.6. The molecular formula is C16H23N3O2. The summed E-state index contributed by atoms with van der Waals surface area (Å²) in [5.74, 6) is -0.510. The molecule has 1 heterocycles. The molecular weight excluding hydrogens is 266 g/mol. The van der Waals surface area contributed by atoms with Gasteiger partial charge in [-0.05, 0) is 32.4 Å². The highest BCUT2D eigenvalue weighted by molar-refractivity contribution is 6.01. The van der Waals surface area contributed by atoms with E-state index in [1.807, 2.05) is 31.2 Å². The minimum atomic E-state index is -0.444. The van der Waals surface area contributed by atoms with Gasteiger partial charge in [-0.15, -0.1) is 0 Å². The fraction of sp³-hybridized carbons (Fsp3) is 0.500. The van der Waals surface area contributed by atoms with Gasteiger partial charge in [0.1, 0.15) is 6.04 Å². The molecule has 2 rings (SSSR count). The zero-order valence-corrected chi connectivity index (χ0v) is 12.8. The van der Waals surface area contributed by atoms with Crippen LogP contribution in [-0.2, 0) is 9.59 Å². The predicted octanol–water partition coefficient (Wildman–Crippen LogP) is 1.20. The van der Waals surface area contributed by atoms with Crippen molar-refractivity contribution in [3.05, 3.63) is 29.8 Å². The molecule has 114 valence electrons. The number of carbonyl (C=O) groups excluding carboxylic acids is 2. The Balaban J connectivity index is 2.01. The molecule has 3 N–H and O–H groups in total. The molecule has 0 radical (unpaired) electrons. The van der Waals surface area contributed by atoms with Gasteiger partial charge in [-0.1, -0.05) is 24.6 Å². The second-order valence-corrected chi connectivity index (χ2v) is 5.82. The average molecular weight is 289 g/mol. The Morgan fingerprint density at radius 3 is 2.52 bits per heavy atom. The molecule has 1 fully saturated rings. The van der Waals surface area contributed by atoms with Gasteiger partial charge >= 0.3 is 0 Å². The van der Waals surface area contributed by atoms with E-state index in [1.165, 1.54) is 0 Å². The van der Waals surface area contributed by atoms with Crippen LogP contribution in [0.4, 0.5) is 5.69 Å². The highest BCUT2D eigenvalue weighted by Crippen LogP contribution is 2.22. The fourth-order valence-corrected chi connectivity index (χ4v) is 2.34. The minimum Gasteiger partial charge on any atom is -0.344 e. The van der Waals surface area contributed by atoms with E-state index in [1.54, 1.807) is 18.7 Å². The van der Waals surface area contributed by atoms with Crippen molar-refractivity contribution in [3.63, 3.8) is 0 Å². The second-order valence-electron chi connectivity index (χ2n) is 5.82. The molecule has 1 aromatic carbocycles. The molecule has 5 nitrogen and oxygen atoms in total. The molecule has 1 aliphatic heterocycles. The Kier molecular flexibility index (Phi) is 4.63. The molecule has 3 atom stereocenters. The Hall–Kier alpha value is -1.88. The number of anilines is 1. The number of aryl methyl sites for hydroxylation is 1. The lowest BCUT2D eigenvalue weighted by Crippen LogP contribution is -2.46. The molecule has 1 aromatic rings. The first kappa shape index (κ1) is 15.5. The van der Waals surface area contributed by atoms with E-state index in [-0.39, 0.29) is 23.8 Å². The van der Waals surface area contributed by atoms with Gasteiger partial charge in [0.05, 0.1) is 0 Å². The van der Waals surface area contributed by atoms with Crippen molar-refractivity contribution >= 4 is 17.5 Å². The SMILES string of the molecule is Cc1ccc(N2CCC(NC(=O)C(C)C(C)N)C2=O)cc1. The van der Waals surface area contributed by atoms with E-state index in [4.69, 9.17) is 5.73 Å². The third-order valence-electron chi connectivity index (χ3n) is 4.07. The smallest absolute Gasteiger partial charge is 0.249 e. The molecule has 0 aliphatic carbocycles. The summed E-state index contributed by atoms with van der Waals surface area (Å²) in [6.45, 7) is 6.20. The van der Waals surface area contributed by atoms with Crippen molar-refractivity contribution in [2.75, 3.05) is 11.4 Å².